The molecule has 0 aliphatic carbocycles. The molecule has 1 aliphatic rings. The minimum atomic E-state index is 0.242. The Morgan fingerprint density at radius 3 is 3.17 bits per heavy atom. The van der Waals surface area contributed by atoms with Crippen molar-refractivity contribution < 1.29 is 5.11 Å². The van der Waals surface area contributed by atoms with Crippen molar-refractivity contribution >= 4 is 17.4 Å². The van der Waals surface area contributed by atoms with Crippen LogP contribution >= 0.6 is 11.8 Å². The van der Waals surface area contributed by atoms with Crippen LogP contribution < -0.4 is 5.32 Å². The molecule has 1 atom stereocenters. The van der Waals surface area contributed by atoms with Crippen molar-refractivity contribution in [3.63, 3.8) is 0 Å². The molecule has 12 heavy (non-hydrogen) atoms. The Labute approximate surface area is 76.0 Å². The molecule has 0 saturated heterocycles. The highest BCUT2D eigenvalue weighted by atomic mass is 32.2. The first-order valence-corrected chi connectivity index (χ1v) is 4.88. The molecule has 2 rings (SSSR count). The molecule has 3 heteroatoms. The minimum Gasteiger partial charge on any atom is -0.395 e. The maximum atomic E-state index is 8.96. The van der Waals surface area contributed by atoms with Crippen LogP contribution in [0.15, 0.2) is 29.2 Å². The first kappa shape index (κ1) is 7.95. The summed E-state index contributed by atoms with van der Waals surface area (Å²) in [6.07, 6.45) is 0. The highest BCUT2D eigenvalue weighted by molar-refractivity contribution is 8.00. The van der Waals surface area contributed by atoms with E-state index in [4.69, 9.17) is 5.11 Å². The average Bonchev–Trinajstić information content (AvgIpc) is 2.17. The van der Waals surface area contributed by atoms with Gasteiger partial charge in [-0.2, -0.15) is 0 Å². The van der Waals surface area contributed by atoms with Crippen LogP contribution in [-0.4, -0.2) is 23.5 Å². The maximum Gasteiger partial charge on any atom is 0.0570 e. The van der Waals surface area contributed by atoms with E-state index < -0.39 is 0 Å². The lowest BCUT2D eigenvalue weighted by molar-refractivity contribution is 0.297. The molecule has 0 spiro atoms. The molecule has 0 radical (unpaired) electrons. The van der Waals surface area contributed by atoms with Crippen LogP contribution in [0, 0.1) is 0 Å². The Hall–Kier alpha value is -0.670. The predicted molar refractivity (Wildman–Crippen MR) is 51.7 cm³/mol. The number of rotatable bonds is 1. The third kappa shape index (κ3) is 1.42. The van der Waals surface area contributed by atoms with Gasteiger partial charge >= 0.3 is 0 Å². The quantitative estimate of drug-likeness (QED) is 0.689. The summed E-state index contributed by atoms with van der Waals surface area (Å²) >= 11 is 1.74. The molecule has 2 nitrogen and oxygen atoms in total. The molecule has 2 N–H and O–H groups in total. The zero-order chi connectivity index (χ0) is 8.39. The summed E-state index contributed by atoms with van der Waals surface area (Å²) in [6.45, 7) is 1.10. The first-order valence-electron chi connectivity index (χ1n) is 4.00. The fourth-order valence-electron chi connectivity index (χ4n) is 1.26. The van der Waals surface area contributed by atoms with Gasteiger partial charge in [-0.1, -0.05) is 12.1 Å². The molecule has 0 amide bonds. The van der Waals surface area contributed by atoms with Crippen molar-refractivity contribution in [3.8, 4) is 0 Å². The van der Waals surface area contributed by atoms with Gasteiger partial charge in [0.15, 0.2) is 0 Å². The molecule has 0 fully saturated rings. The van der Waals surface area contributed by atoms with Gasteiger partial charge in [0.25, 0.3) is 0 Å². The Kier molecular flexibility index (Phi) is 2.23. The van der Waals surface area contributed by atoms with Crippen molar-refractivity contribution in [2.45, 2.75) is 10.1 Å². The molecule has 0 bridgehead atoms. The summed E-state index contributed by atoms with van der Waals surface area (Å²) in [4.78, 5) is 1.24. The van der Waals surface area contributed by atoms with Crippen LogP contribution in [0.3, 0.4) is 0 Å². The number of aliphatic hydroxyl groups is 1. The predicted octanol–water partition coefficient (Wildman–Crippen LogP) is 1.57. The highest BCUT2D eigenvalue weighted by Crippen LogP contribution is 2.34. The number of anilines is 1. The second-order valence-corrected chi connectivity index (χ2v) is 4.14. The number of para-hydroxylation sites is 1. The number of hydrogen-bond donors (Lipinski definition) is 2. The number of thioether (sulfide) groups is 1. The van der Waals surface area contributed by atoms with Gasteiger partial charge in [-0.25, -0.2) is 0 Å². The Balaban J connectivity index is 2.23. The van der Waals surface area contributed by atoms with E-state index in [1.165, 1.54) is 10.6 Å². The van der Waals surface area contributed by atoms with E-state index in [-0.39, 0.29) is 6.61 Å². The van der Waals surface area contributed by atoms with Crippen LogP contribution in [0.2, 0.25) is 0 Å². The normalized spacial score (nSPS) is 21.2. The second-order valence-electron chi connectivity index (χ2n) is 2.80. The average molecular weight is 181 g/mol. The molecule has 1 aromatic carbocycles. The number of benzene rings is 1. The zero-order valence-corrected chi connectivity index (χ0v) is 7.47. The molecule has 0 unspecified atom stereocenters. The van der Waals surface area contributed by atoms with Gasteiger partial charge in [-0.15, -0.1) is 11.8 Å². The van der Waals surface area contributed by atoms with E-state index in [9.17, 15) is 0 Å². The van der Waals surface area contributed by atoms with Gasteiger partial charge in [0.1, 0.15) is 0 Å². The third-order valence-corrected chi connectivity index (χ3v) is 3.16. The second kappa shape index (κ2) is 3.37. The maximum absolute atomic E-state index is 8.96. The van der Waals surface area contributed by atoms with E-state index in [1.807, 2.05) is 12.1 Å². The minimum absolute atomic E-state index is 0.242. The number of nitrogens with one attached hydrogen (secondary N) is 1. The van der Waals surface area contributed by atoms with Gasteiger partial charge in [0.2, 0.25) is 0 Å². The number of aliphatic hydroxyl groups excluding tert-OH is 1. The smallest absolute Gasteiger partial charge is 0.0570 e. The highest BCUT2D eigenvalue weighted by Gasteiger charge is 2.16. The molecule has 64 valence electrons. The fraction of sp³-hybridized carbons (Fsp3) is 0.333. The zero-order valence-electron chi connectivity index (χ0n) is 6.66. The lowest BCUT2D eigenvalue weighted by Gasteiger charge is -2.23. The summed E-state index contributed by atoms with van der Waals surface area (Å²) in [6, 6.07) is 8.18. The van der Waals surface area contributed by atoms with Gasteiger partial charge in [0.05, 0.1) is 6.61 Å². The van der Waals surface area contributed by atoms with Gasteiger partial charge in [-0.05, 0) is 12.1 Å². The fourth-order valence-corrected chi connectivity index (χ4v) is 2.29. The molecule has 1 heterocycles. The van der Waals surface area contributed by atoms with Crippen LogP contribution in [-0.2, 0) is 0 Å². The summed E-state index contributed by atoms with van der Waals surface area (Å²) < 4.78 is 0. The largest absolute Gasteiger partial charge is 0.395 e. The van der Waals surface area contributed by atoms with E-state index >= 15 is 0 Å². The van der Waals surface area contributed by atoms with Crippen molar-refractivity contribution in [2.75, 3.05) is 18.5 Å². The van der Waals surface area contributed by atoms with Crippen LogP contribution in [0.4, 0.5) is 5.69 Å². The first-order chi connectivity index (χ1) is 5.90. The number of fused-ring (bicyclic) bond motifs is 1. The summed E-state index contributed by atoms with van der Waals surface area (Å²) in [7, 11) is 0. The molecular formula is C9H11NOS. The standard InChI is InChI=1S/C9H11NOS/c11-6-7-5-10-8-3-1-2-4-9(8)12-7/h1-4,7,10-11H,5-6H2/t7-/m0/s1. The molecule has 0 saturated carbocycles. The van der Waals surface area contributed by atoms with Crippen LogP contribution in [0.5, 0.6) is 0 Å². The summed E-state index contributed by atoms with van der Waals surface area (Å²) in [5, 5.41) is 12.5. The summed E-state index contributed by atoms with van der Waals surface area (Å²) in [5.74, 6) is 0. The van der Waals surface area contributed by atoms with E-state index in [1.54, 1.807) is 11.8 Å². The Bertz CT molecular complexity index is 277. The van der Waals surface area contributed by atoms with Crippen LogP contribution in [0.1, 0.15) is 0 Å². The number of hydrogen-bond acceptors (Lipinski definition) is 3. The van der Waals surface area contributed by atoms with Crippen molar-refractivity contribution in [3.05, 3.63) is 24.3 Å². The molecule has 1 aromatic rings. The molecule has 1 aliphatic heterocycles. The van der Waals surface area contributed by atoms with Gasteiger partial charge in [-0.3, -0.25) is 0 Å². The van der Waals surface area contributed by atoms with Crippen LogP contribution in [0.25, 0.3) is 0 Å². The lowest BCUT2D eigenvalue weighted by Crippen LogP contribution is -2.24. The van der Waals surface area contributed by atoms with Gasteiger partial charge < -0.3 is 10.4 Å². The summed E-state index contributed by atoms with van der Waals surface area (Å²) in [5.41, 5.74) is 1.19. The van der Waals surface area contributed by atoms with Crippen molar-refractivity contribution in [2.24, 2.45) is 0 Å². The third-order valence-electron chi connectivity index (χ3n) is 1.90. The van der Waals surface area contributed by atoms with E-state index in [0.717, 1.165) is 6.54 Å². The molecule has 0 aromatic heterocycles. The SMILES string of the molecule is OC[C@@H]1CNc2ccccc2S1. The van der Waals surface area contributed by atoms with E-state index in [0.29, 0.717) is 5.25 Å². The molecular weight excluding hydrogens is 170 g/mol. The Morgan fingerprint density at radius 2 is 2.33 bits per heavy atom. The monoisotopic (exact) mass is 181 g/mol. The lowest BCUT2D eigenvalue weighted by atomic mass is 10.3. The topological polar surface area (TPSA) is 32.3 Å². The Morgan fingerprint density at radius 1 is 1.50 bits per heavy atom. The van der Waals surface area contributed by atoms with E-state index in [2.05, 4.69) is 17.4 Å². The van der Waals surface area contributed by atoms with Gasteiger partial charge in [0, 0.05) is 22.4 Å². The van der Waals surface area contributed by atoms with Crippen molar-refractivity contribution in [1.29, 1.82) is 0 Å². The van der Waals surface area contributed by atoms with Crippen molar-refractivity contribution in [1.82, 2.24) is 0 Å².